The average Bonchev–Trinajstić information content (AvgIpc) is 2.53. The third kappa shape index (κ3) is 0.566. The summed E-state index contributed by atoms with van der Waals surface area (Å²) in [6.45, 7) is 0. The van der Waals surface area contributed by atoms with Crippen LogP contribution in [0.5, 0.6) is 0 Å². The zero-order chi connectivity index (χ0) is 7.47. The molecular formula is C9H11NO. The first-order valence-electron chi connectivity index (χ1n) is 4.14. The van der Waals surface area contributed by atoms with Crippen LogP contribution in [0.3, 0.4) is 0 Å². The summed E-state index contributed by atoms with van der Waals surface area (Å²) in [6, 6.07) is 2.25. The van der Waals surface area contributed by atoms with E-state index in [1.165, 1.54) is 18.4 Å². The summed E-state index contributed by atoms with van der Waals surface area (Å²) in [5, 5.41) is 0. The maximum Gasteiger partial charge on any atom is 0.124 e. The highest BCUT2D eigenvalue weighted by Crippen LogP contribution is 2.60. The van der Waals surface area contributed by atoms with E-state index in [1.54, 1.807) is 6.26 Å². The Bertz CT molecular complexity index is 298. The van der Waals surface area contributed by atoms with Gasteiger partial charge in [0.25, 0.3) is 0 Å². The lowest BCUT2D eigenvalue weighted by Gasteiger charge is -2.11. The van der Waals surface area contributed by atoms with Crippen molar-refractivity contribution in [1.29, 1.82) is 0 Å². The summed E-state index contributed by atoms with van der Waals surface area (Å²) in [5.41, 5.74) is 7.81. The minimum atomic E-state index is 0.187. The second kappa shape index (κ2) is 1.53. The minimum absolute atomic E-state index is 0.187. The Morgan fingerprint density at radius 2 is 2.36 bits per heavy atom. The van der Waals surface area contributed by atoms with Gasteiger partial charge in [-0.15, -0.1) is 0 Å². The molecule has 1 spiro atoms. The van der Waals surface area contributed by atoms with E-state index >= 15 is 0 Å². The molecule has 3 rings (SSSR count). The van der Waals surface area contributed by atoms with E-state index in [-0.39, 0.29) is 6.04 Å². The Labute approximate surface area is 65.4 Å². The molecule has 0 saturated heterocycles. The lowest BCUT2D eigenvalue weighted by molar-refractivity contribution is 0.382. The van der Waals surface area contributed by atoms with Crippen molar-refractivity contribution < 1.29 is 4.42 Å². The van der Waals surface area contributed by atoms with Crippen LogP contribution in [-0.2, 0) is 6.42 Å². The van der Waals surface area contributed by atoms with Crippen molar-refractivity contribution >= 4 is 0 Å². The molecule has 0 amide bonds. The van der Waals surface area contributed by atoms with Crippen molar-refractivity contribution in [2.45, 2.75) is 25.3 Å². The highest BCUT2D eigenvalue weighted by molar-refractivity contribution is 5.33. The Balaban J connectivity index is 2.12. The van der Waals surface area contributed by atoms with Gasteiger partial charge >= 0.3 is 0 Å². The number of furan rings is 1. The van der Waals surface area contributed by atoms with Crippen molar-refractivity contribution in [3.63, 3.8) is 0 Å². The van der Waals surface area contributed by atoms with Crippen molar-refractivity contribution in [2.24, 2.45) is 11.1 Å². The van der Waals surface area contributed by atoms with Gasteiger partial charge in [-0.1, -0.05) is 0 Å². The summed E-state index contributed by atoms with van der Waals surface area (Å²) in [4.78, 5) is 0. The Morgan fingerprint density at radius 3 is 3.00 bits per heavy atom. The largest absolute Gasteiger partial charge is 0.467 e. The fourth-order valence-corrected chi connectivity index (χ4v) is 2.18. The Morgan fingerprint density at radius 1 is 1.55 bits per heavy atom. The van der Waals surface area contributed by atoms with Crippen molar-refractivity contribution in [1.82, 2.24) is 0 Å². The number of nitrogens with two attached hydrogens (primary N) is 1. The lowest BCUT2D eigenvalue weighted by Crippen LogP contribution is -2.17. The van der Waals surface area contributed by atoms with Crippen molar-refractivity contribution in [3.8, 4) is 0 Å². The van der Waals surface area contributed by atoms with Crippen LogP contribution in [0.2, 0.25) is 0 Å². The first-order chi connectivity index (χ1) is 5.32. The average molecular weight is 149 g/mol. The van der Waals surface area contributed by atoms with Gasteiger partial charge in [-0.2, -0.15) is 0 Å². The zero-order valence-electron chi connectivity index (χ0n) is 6.34. The highest BCUT2D eigenvalue weighted by Gasteiger charge is 2.54. The lowest BCUT2D eigenvalue weighted by atomic mass is 10.0. The molecule has 11 heavy (non-hydrogen) atoms. The highest BCUT2D eigenvalue weighted by atomic mass is 16.3. The molecule has 1 unspecified atom stereocenters. The molecule has 2 aliphatic rings. The molecule has 0 radical (unpaired) electrons. The summed E-state index contributed by atoms with van der Waals surface area (Å²) in [6.07, 6.45) is 5.48. The van der Waals surface area contributed by atoms with E-state index in [2.05, 4.69) is 6.07 Å². The number of hydrogen-bond donors (Lipinski definition) is 1. The molecule has 1 heterocycles. The van der Waals surface area contributed by atoms with Crippen LogP contribution in [0.4, 0.5) is 0 Å². The van der Waals surface area contributed by atoms with E-state index in [9.17, 15) is 0 Å². The van der Waals surface area contributed by atoms with Gasteiger partial charge < -0.3 is 10.2 Å². The van der Waals surface area contributed by atoms with Crippen LogP contribution in [-0.4, -0.2) is 0 Å². The van der Waals surface area contributed by atoms with Crippen LogP contribution in [0.1, 0.15) is 30.2 Å². The quantitative estimate of drug-likeness (QED) is 0.608. The van der Waals surface area contributed by atoms with Crippen LogP contribution >= 0.6 is 0 Å². The third-order valence-corrected chi connectivity index (χ3v) is 3.16. The van der Waals surface area contributed by atoms with Gasteiger partial charge in [0.1, 0.15) is 5.76 Å². The van der Waals surface area contributed by atoms with Crippen molar-refractivity contribution in [2.75, 3.05) is 0 Å². The monoisotopic (exact) mass is 149 g/mol. The molecule has 58 valence electrons. The molecule has 2 nitrogen and oxygen atoms in total. The van der Waals surface area contributed by atoms with Crippen LogP contribution in [0.15, 0.2) is 16.7 Å². The van der Waals surface area contributed by atoms with Gasteiger partial charge in [0, 0.05) is 0 Å². The summed E-state index contributed by atoms with van der Waals surface area (Å²) >= 11 is 0. The second-order valence-corrected chi connectivity index (χ2v) is 3.83. The van der Waals surface area contributed by atoms with Gasteiger partial charge in [0.2, 0.25) is 0 Å². The van der Waals surface area contributed by atoms with Gasteiger partial charge in [-0.3, -0.25) is 0 Å². The number of hydrogen-bond acceptors (Lipinski definition) is 2. The number of rotatable bonds is 0. The molecule has 2 aliphatic carbocycles. The van der Waals surface area contributed by atoms with Gasteiger partial charge in [0.05, 0.1) is 12.3 Å². The summed E-state index contributed by atoms with van der Waals surface area (Å²) < 4.78 is 5.34. The fourth-order valence-electron chi connectivity index (χ4n) is 2.18. The maximum absolute atomic E-state index is 6.04. The molecular weight excluding hydrogens is 138 g/mol. The maximum atomic E-state index is 6.04. The predicted octanol–water partition coefficient (Wildman–Crippen LogP) is 1.62. The van der Waals surface area contributed by atoms with E-state index in [1.807, 2.05) is 0 Å². The molecule has 0 bridgehead atoms. The molecule has 1 aromatic rings. The molecule has 1 atom stereocenters. The van der Waals surface area contributed by atoms with Crippen LogP contribution in [0, 0.1) is 5.41 Å². The fraction of sp³-hybridized carbons (Fsp3) is 0.556. The van der Waals surface area contributed by atoms with Crippen LogP contribution < -0.4 is 5.73 Å². The normalized spacial score (nSPS) is 30.8. The zero-order valence-corrected chi connectivity index (χ0v) is 6.34. The Kier molecular flexibility index (Phi) is 0.812. The van der Waals surface area contributed by atoms with E-state index in [0.717, 1.165) is 12.2 Å². The van der Waals surface area contributed by atoms with Crippen molar-refractivity contribution in [3.05, 3.63) is 23.7 Å². The summed E-state index contributed by atoms with van der Waals surface area (Å²) in [7, 11) is 0. The standard InChI is InChI=1S/C9H11NO/c10-8-7-6(1-4-11-7)5-9(8)2-3-9/h1,4,8H,2-3,5,10H2. The molecule has 0 aliphatic heterocycles. The predicted molar refractivity (Wildman–Crippen MR) is 41.0 cm³/mol. The molecule has 1 saturated carbocycles. The third-order valence-electron chi connectivity index (χ3n) is 3.16. The van der Waals surface area contributed by atoms with Crippen LogP contribution in [0.25, 0.3) is 0 Å². The second-order valence-electron chi connectivity index (χ2n) is 3.83. The minimum Gasteiger partial charge on any atom is -0.467 e. The SMILES string of the molecule is NC1c2occc2CC12CC2. The van der Waals surface area contributed by atoms with E-state index < -0.39 is 0 Å². The van der Waals surface area contributed by atoms with E-state index in [4.69, 9.17) is 10.2 Å². The first kappa shape index (κ1) is 5.84. The topological polar surface area (TPSA) is 39.2 Å². The first-order valence-corrected chi connectivity index (χ1v) is 4.14. The Hall–Kier alpha value is -0.760. The van der Waals surface area contributed by atoms with Gasteiger partial charge in [-0.05, 0) is 36.3 Å². The molecule has 1 aromatic heterocycles. The molecule has 2 heteroatoms. The number of fused-ring (bicyclic) bond motifs is 1. The van der Waals surface area contributed by atoms with E-state index in [0.29, 0.717) is 5.41 Å². The smallest absolute Gasteiger partial charge is 0.124 e. The van der Waals surface area contributed by atoms with Gasteiger partial charge in [-0.25, -0.2) is 0 Å². The molecule has 2 N–H and O–H groups in total. The molecule has 0 aromatic carbocycles. The summed E-state index contributed by atoms with van der Waals surface area (Å²) in [5.74, 6) is 1.04. The molecule has 1 fully saturated rings. The van der Waals surface area contributed by atoms with Gasteiger partial charge in [0.15, 0.2) is 0 Å².